The monoisotopic (exact) mass is 231 g/mol. The Bertz CT molecular complexity index is 453. The van der Waals surface area contributed by atoms with Crippen molar-refractivity contribution in [1.29, 1.82) is 0 Å². The summed E-state index contributed by atoms with van der Waals surface area (Å²) >= 11 is 0. The molecule has 1 aromatic rings. The molecule has 3 heteroatoms. The van der Waals surface area contributed by atoms with Crippen LogP contribution in [0.15, 0.2) is 22.8 Å². The van der Waals surface area contributed by atoms with Gasteiger partial charge in [-0.05, 0) is 24.8 Å². The zero-order valence-electron chi connectivity index (χ0n) is 9.87. The first kappa shape index (κ1) is 10.6. The van der Waals surface area contributed by atoms with Crippen molar-refractivity contribution < 1.29 is 9.21 Å². The lowest BCUT2D eigenvalue weighted by Crippen LogP contribution is -2.30. The highest BCUT2D eigenvalue weighted by molar-refractivity contribution is 6.01. The van der Waals surface area contributed by atoms with E-state index < -0.39 is 0 Å². The van der Waals surface area contributed by atoms with Gasteiger partial charge >= 0.3 is 0 Å². The summed E-state index contributed by atoms with van der Waals surface area (Å²) in [5.74, 6) is 1.42. The SMILES string of the molecule is O=C1NC/C(=C\C2CCCCC2)c2occc21. The minimum atomic E-state index is -0.0189. The molecule has 0 spiro atoms. The lowest BCUT2D eigenvalue weighted by atomic mass is 9.87. The highest BCUT2D eigenvalue weighted by Crippen LogP contribution is 2.30. The van der Waals surface area contributed by atoms with Crippen molar-refractivity contribution in [1.82, 2.24) is 5.32 Å². The molecule has 90 valence electrons. The van der Waals surface area contributed by atoms with E-state index in [1.807, 2.05) is 0 Å². The molecule has 0 aromatic carbocycles. The second kappa shape index (κ2) is 4.40. The summed E-state index contributed by atoms with van der Waals surface area (Å²) in [6.45, 7) is 0.607. The van der Waals surface area contributed by atoms with Gasteiger partial charge in [-0.15, -0.1) is 0 Å². The van der Waals surface area contributed by atoms with Crippen LogP contribution in [0, 0.1) is 5.92 Å². The quantitative estimate of drug-likeness (QED) is 0.807. The summed E-state index contributed by atoms with van der Waals surface area (Å²) in [5.41, 5.74) is 1.83. The fourth-order valence-electron chi connectivity index (χ4n) is 2.81. The number of carbonyl (C=O) groups excluding carboxylic acids is 1. The Morgan fingerprint density at radius 3 is 2.94 bits per heavy atom. The topological polar surface area (TPSA) is 42.2 Å². The van der Waals surface area contributed by atoms with Gasteiger partial charge in [0.25, 0.3) is 5.91 Å². The van der Waals surface area contributed by atoms with E-state index in [-0.39, 0.29) is 5.91 Å². The Morgan fingerprint density at radius 2 is 2.12 bits per heavy atom. The van der Waals surface area contributed by atoms with Gasteiger partial charge in [-0.25, -0.2) is 0 Å². The van der Waals surface area contributed by atoms with Gasteiger partial charge in [-0.3, -0.25) is 4.79 Å². The van der Waals surface area contributed by atoms with Gasteiger partial charge in [0.05, 0.1) is 11.8 Å². The molecule has 1 aliphatic carbocycles. The van der Waals surface area contributed by atoms with Crippen molar-refractivity contribution in [2.24, 2.45) is 5.92 Å². The molecule has 0 atom stereocenters. The predicted octanol–water partition coefficient (Wildman–Crippen LogP) is 2.99. The summed E-state index contributed by atoms with van der Waals surface area (Å²) in [6.07, 6.45) is 10.5. The number of furan rings is 1. The van der Waals surface area contributed by atoms with Crippen LogP contribution in [0.1, 0.15) is 48.2 Å². The highest BCUT2D eigenvalue weighted by atomic mass is 16.3. The molecule has 1 amide bonds. The zero-order chi connectivity index (χ0) is 11.7. The van der Waals surface area contributed by atoms with Crippen LogP contribution in [0.2, 0.25) is 0 Å². The van der Waals surface area contributed by atoms with Gasteiger partial charge in [0.2, 0.25) is 0 Å². The van der Waals surface area contributed by atoms with Gasteiger partial charge in [-0.2, -0.15) is 0 Å². The number of hydrogen-bond donors (Lipinski definition) is 1. The molecule has 1 fully saturated rings. The smallest absolute Gasteiger partial charge is 0.255 e. The average Bonchev–Trinajstić information content (AvgIpc) is 2.84. The van der Waals surface area contributed by atoms with Gasteiger partial charge in [-0.1, -0.05) is 25.3 Å². The van der Waals surface area contributed by atoms with Crippen LogP contribution < -0.4 is 5.32 Å². The van der Waals surface area contributed by atoms with Crippen molar-refractivity contribution in [2.75, 3.05) is 6.54 Å². The minimum Gasteiger partial charge on any atom is -0.464 e. The maximum atomic E-state index is 11.6. The van der Waals surface area contributed by atoms with Crippen LogP contribution >= 0.6 is 0 Å². The van der Waals surface area contributed by atoms with Crippen molar-refractivity contribution in [2.45, 2.75) is 32.1 Å². The molecule has 3 rings (SSSR count). The first-order valence-electron chi connectivity index (χ1n) is 6.41. The Balaban J connectivity index is 1.87. The lowest BCUT2D eigenvalue weighted by Gasteiger charge is -2.21. The average molecular weight is 231 g/mol. The van der Waals surface area contributed by atoms with Crippen LogP contribution in [0.5, 0.6) is 0 Å². The lowest BCUT2D eigenvalue weighted by molar-refractivity contribution is 0.0953. The summed E-state index contributed by atoms with van der Waals surface area (Å²) < 4.78 is 5.45. The first-order valence-corrected chi connectivity index (χ1v) is 6.41. The van der Waals surface area contributed by atoms with Gasteiger partial charge in [0.15, 0.2) is 0 Å². The maximum Gasteiger partial charge on any atom is 0.255 e. The van der Waals surface area contributed by atoms with Crippen molar-refractivity contribution in [3.63, 3.8) is 0 Å². The summed E-state index contributed by atoms with van der Waals surface area (Å²) in [6, 6.07) is 1.75. The number of hydrogen-bond acceptors (Lipinski definition) is 2. The number of carbonyl (C=O) groups is 1. The molecular weight excluding hydrogens is 214 g/mol. The number of amides is 1. The van der Waals surface area contributed by atoms with E-state index >= 15 is 0 Å². The normalized spacial score (nSPS) is 23.5. The molecular formula is C14H17NO2. The predicted molar refractivity (Wildman–Crippen MR) is 65.6 cm³/mol. The zero-order valence-corrected chi connectivity index (χ0v) is 9.87. The van der Waals surface area contributed by atoms with Crippen LogP contribution in [-0.2, 0) is 0 Å². The Hall–Kier alpha value is -1.51. The summed E-state index contributed by atoms with van der Waals surface area (Å²) in [7, 11) is 0. The van der Waals surface area contributed by atoms with Crippen LogP contribution in [0.25, 0.3) is 5.57 Å². The molecule has 2 aliphatic rings. The fourth-order valence-corrected chi connectivity index (χ4v) is 2.81. The van der Waals surface area contributed by atoms with E-state index in [1.165, 1.54) is 32.1 Å². The third kappa shape index (κ3) is 2.02. The van der Waals surface area contributed by atoms with E-state index in [2.05, 4.69) is 11.4 Å². The molecule has 2 heterocycles. The minimum absolute atomic E-state index is 0.0189. The van der Waals surface area contributed by atoms with Gasteiger partial charge < -0.3 is 9.73 Å². The molecule has 0 bridgehead atoms. The number of allylic oxidation sites excluding steroid dienone is 1. The van der Waals surface area contributed by atoms with E-state index in [0.29, 0.717) is 18.0 Å². The molecule has 0 saturated heterocycles. The van der Waals surface area contributed by atoms with Crippen molar-refractivity contribution in [3.8, 4) is 0 Å². The Labute approximate surface area is 101 Å². The molecule has 17 heavy (non-hydrogen) atoms. The highest BCUT2D eigenvalue weighted by Gasteiger charge is 2.24. The van der Waals surface area contributed by atoms with Crippen LogP contribution in [0.3, 0.4) is 0 Å². The van der Waals surface area contributed by atoms with Gasteiger partial charge in [0.1, 0.15) is 5.76 Å². The fraction of sp³-hybridized carbons (Fsp3) is 0.500. The molecule has 0 radical (unpaired) electrons. The summed E-state index contributed by atoms with van der Waals surface area (Å²) in [4.78, 5) is 11.6. The standard InChI is InChI=1S/C14H17NO2/c16-14-12-6-7-17-13(12)11(9-15-14)8-10-4-2-1-3-5-10/h6-8,10H,1-5,9H2,(H,15,16)/b11-8+. The molecule has 3 nitrogen and oxygen atoms in total. The van der Waals surface area contributed by atoms with E-state index in [9.17, 15) is 4.79 Å². The Kier molecular flexibility index (Phi) is 2.75. The largest absolute Gasteiger partial charge is 0.464 e. The number of fused-ring (bicyclic) bond motifs is 1. The third-order valence-electron chi connectivity index (χ3n) is 3.73. The maximum absolute atomic E-state index is 11.6. The Morgan fingerprint density at radius 1 is 1.29 bits per heavy atom. The van der Waals surface area contributed by atoms with Crippen LogP contribution in [0.4, 0.5) is 0 Å². The van der Waals surface area contributed by atoms with Crippen molar-refractivity contribution >= 4 is 11.5 Å². The molecule has 1 aliphatic heterocycles. The molecule has 0 unspecified atom stereocenters. The molecule has 1 saturated carbocycles. The summed E-state index contributed by atoms with van der Waals surface area (Å²) in [5, 5.41) is 2.90. The second-order valence-corrected chi connectivity index (χ2v) is 4.94. The van der Waals surface area contributed by atoms with E-state index in [1.54, 1.807) is 12.3 Å². The van der Waals surface area contributed by atoms with E-state index in [4.69, 9.17) is 4.42 Å². The number of nitrogens with one attached hydrogen (secondary N) is 1. The van der Waals surface area contributed by atoms with Crippen molar-refractivity contribution in [3.05, 3.63) is 29.7 Å². The van der Waals surface area contributed by atoms with Gasteiger partial charge in [0, 0.05) is 12.1 Å². The van der Waals surface area contributed by atoms with E-state index in [0.717, 1.165) is 11.3 Å². The van der Waals surface area contributed by atoms with Crippen LogP contribution in [-0.4, -0.2) is 12.5 Å². The first-order chi connectivity index (χ1) is 8.34. The molecule has 1 aromatic heterocycles. The number of rotatable bonds is 1. The third-order valence-corrected chi connectivity index (χ3v) is 3.73. The molecule has 1 N–H and O–H groups in total. The second-order valence-electron chi connectivity index (χ2n) is 4.94.